The van der Waals surface area contributed by atoms with Crippen molar-refractivity contribution >= 4 is 118 Å². The molecule has 9 aromatic heterocycles. The van der Waals surface area contributed by atoms with Crippen LogP contribution in [0.25, 0.3) is 55.9 Å². The van der Waals surface area contributed by atoms with Gasteiger partial charge in [-0.05, 0) is 184 Å². The molecular weight excluding hydrogens is 1640 g/mol. The molecule has 5 aliphatic rings. The lowest BCUT2D eigenvalue weighted by Crippen LogP contribution is -2.46. The van der Waals surface area contributed by atoms with Crippen LogP contribution in [-0.4, -0.2) is 195 Å². The Balaban J connectivity index is 0.000000142. The van der Waals surface area contributed by atoms with Crippen LogP contribution in [0.5, 0.6) is 0 Å². The topological polar surface area (TPSA) is 428 Å². The third kappa shape index (κ3) is 20.1. The highest BCUT2D eigenvalue weighted by Gasteiger charge is 2.53. The van der Waals surface area contributed by atoms with Gasteiger partial charge in [0.15, 0.2) is 46.2 Å². The van der Waals surface area contributed by atoms with E-state index in [9.17, 15) is 60.6 Å². The summed E-state index contributed by atoms with van der Waals surface area (Å²) in [5.74, 6) is -1.97. The molecule has 12 atom stereocenters. The molecule has 1 unspecified atom stereocenters. The van der Waals surface area contributed by atoms with Gasteiger partial charge in [0.2, 0.25) is 5.28 Å². The number of aromatic nitrogens is 12. The van der Waals surface area contributed by atoms with E-state index in [4.69, 9.17) is 71.7 Å². The van der Waals surface area contributed by atoms with Crippen molar-refractivity contribution in [3.8, 4) is 22.8 Å². The molecule has 16 rings (SSSR count). The summed E-state index contributed by atoms with van der Waals surface area (Å²) in [5.41, 5.74) is 9.17. The number of rotatable bonds is 13. The largest absolute Gasteiger partial charge is 0.497 e. The Morgan fingerprint density at radius 2 is 0.957 bits per heavy atom. The molecule has 4 aliphatic carbocycles. The van der Waals surface area contributed by atoms with Crippen molar-refractivity contribution in [2.45, 2.75) is 213 Å². The van der Waals surface area contributed by atoms with E-state index in [1.54, 1.807) is 60.8 Å². The minimum atomic E-state index is -4.02. The predicted molar refractivity (Wildman–Crippen MR) is 436 cm³/mol. The SMILES string of the molecule is Cc1ccc(S(=O)(=O)n2cc(-c3ncc(F)c(C[C@H]4CCC[C@@H](O)[C@H]4O)n3)c3cc(Cl)cnc32)cc1.Cc1ccc(S(=O)(=O)n2cc(B3OC(C)(C)C(C)(C)O3)c3cc(Cl)cnc32)cc1.N[C@H]1CCC[C@@H](O)[C@H]1O.O[C@@H]1CCCC(Nc2nc(Cl)ncc2F)[C@@H]1O.O[C@H]1[C@@H](Cc2nc(-c3c[nH]c4ncc(Cl)cc34)ncc2F)CCC[C@H]1O. The molecule has 5 fully saturated rings. The molecule has 2 aromatic carbocycles. The summed E-state index contributed by atoms with van der Waals surface area (Å²) in [6.45, 7) is 11.5. The molecule has 4 saturated carbocycles. The molecule has 1 aliphatic heterocycles. The molecule has 11 aromatic rings. The number of benzene rings is 2. The second kappa shape index (κ2) is 36.9. The predicted octanol–water partition coefficient (Wildman–Crippen LogP) is 10.5. The number of hydrogen-bond donors (Lipinski definition) is 11. The van der Waals surface area contributed by atoms with Gasteiger partial charge in [0, 0.05) is 76.0 Å². The van der Waals surface area contributed by atoms with Crippen LogP contribution in [0.3, 0.4) is 0 Å². The van der Waals surface area contributed by atoms with Gasteiger partial charge in [0.05, 0.1) is 121 Å². The number of nitrogens with one attached hydrogen (secondary N) is 2. The number of aliphatic hydroxyl groups is 8. The van der Waals surface area contributed by atoms with Crippen molar-refractivity contribution in [3.05, 3.63) is 183 Å². The average molecular weight is 1730 g/mol. The lowest BCUT2D eigenvalue weighted by atomic mass is 9.79. The summed E-state index contributed by atoms with van der Waals surface area (Å²) in [6.07, 6.45) is 14.3. The van der Waals surface area contributed by atoms with Gasteiger partial charge in [0.1, 0.15) is 5.65 Å². The number of aryl methyl sites for hydroxylation is 2. The Kier molecular flexibility index (Phi) is 27.9. The van der Waals surface area contributed by atoms with Gasteiger partial charge in [-0.2, -0.15) is 4.98 Å². The maximum Gasteiger partial charge on any atom is 0.497 e. The average Bonchev–Trinajstić information content (AvgIpc) is 1.59. The Labute approximate surface area is 693 Å². The molecule has 624 valence electrons. The van der Waals surface area contributed by atoms with E-state index in [2.05, 4.69) is 55.2 Å². The molecule has 12 N–H and O–H groups in total. The van der Waals surface area contributed by atoms with Crippen LogP contribution in [0.15, 0.2) is 132 Å². The zero-order valence-electron chi connectivity index (χ0n) is 64.4. The fraction of sp³-hybridized carbons (Fsp3) is 0.430. The van der Waals surface area contributed by atoms with E-state index >= 15 is 0 Å². The van der Waals surface area contributed by atoms with Crippen molar-refractivity contribution in [2.75, 3.05) is 5.32 Å². The van der Waals surface area contributed by atoms with Gasteiger partial charge in [-0.15, -0.1) is 0 Å². The Morgan fingerprint density at radius 3 is 1.47 bits per heavy atom. The highest BCUT2D eigenvalue weighted by atomic mass is 35.5. The second-order valence-electron chi connectivity index (χ2n) is 30.9. The molecule has 0 spiro atoms. The Hall–Kier alpha value is -7.98. The van der Waals surface area contributed by atoms with Crippen LogP contribution in [0.1, 0.15) is 127 Å². The third-order valence-corrected chi connectivity index (χ3v) is 26.1. The maximum atomic E-state index is 14.7. The number of pyridine rings is 3. The smallest absolute Gasteiger partial charge is 0.399 e. The number of hydrogen-bond acceptors (Lipinski definition) is 25. The van der Waals surface area contributed by atoms with E-state index in [1.165, 1.54) is 47.1 Å². The number of nitrogens with two attached hydrogens (primary N) is 1. The first kappa shape index (κ1) is 88.3. The lowest BCUT2D eigenvalue weighted by Gasteiger charge is -2.32. The number of halogens is 7. The summed E-state index contributed by atoms with van der Waals surface area (Å²) in [7, 11) is -8.62. The molecule has 117 heavy (non-hydrogen) atoms. The molecule has 10 heterocycles. The normalized spacial score (nSPS) is 23.8. The zero-order valence-corrected chi connectivity index (χ0v) is 69.1. The zero-order chi connectivity index (χ0) is 84.3. The van der Waals surface area contributed by atoms with E-state index in [0.29, 0.717) is 87.4 Å². The van der Waals surface area contributed by atoms with Gasteiger partial charge < -0.3 is 66.2 Å². The van der Waals surface area contributed by atoms with Gasteiger partial charge in [0.25, 0.3) is 20.0 Å². The molecule has 0 amide bonds. The van der Waals surface area contributed by atoms with Crippen molar-refractivity contribution in [2.24, 2.45) is 17.6 Å². The molecule has 0 bridgehead atoms. The van der Waals surface area contributed by atoms with E-state index in [1.807, 2.05) is 41.5 Å². The van der Waals surface area contributed by atoms with Crippen LogP contribution < -0.4 is 16.5 Å². The van der Waals surface area contributed by atoms with E-state index in [0.717, 1.165) is 77.6 Å². The fourth-order valence-corrected chi connectivity index (χ4v) is 17.8. The Morgan fingerprint density at radius 1 is 0.521 bits per heavy atom. The standard InChI is InChI=1S/C25H24ClFN4O4S.C20H22BClN2O4S.C18H18ClFN4O2.C10H13ClFN3O2.C6H13NO2/c1-14-5-7-17(8-6-14)36(34,35)31-13-19(18-10-16(26)11-29-25(18)31)24-28-12-20(27)21(30-24)9-15-3-2-4-22(32)23(15)33;1-13-6-8-15(9-7-13)29(25,26)24-12-17(16-10-14(22)11-23-18(16)24)21-27-19(2,3)20(4,5)28-21;19-10-5-11-12(7-22-17(11)21-6-10)18-23-8-13(20)14(24-18)4-9-2-1-3-15(25)16(9)26;11-10-13-4-5(12)9(15-10)14-6-2-1-3-7(16)8(6)17;7-4-2-1-3-5(8)6(4)9/h5-8,10-13,15,22-23,32-33H,2-4,9H2,1H3;6-12H,1-5H3;5-9,15-16,25-26H,1-4H2,(H,21,22);4,6-8,16-17H,1-3H2,(H,13,14,15);4-6,8-9H,1-3,7H2/t15-,22-,23+;;9-,15-,16+;6?,7-,8+;4-,5+,6-/m1.110/s1. The lowest BCUT2D eigenvalue weighted by molar-refractivity contribution is -0.0447. The summed E-state index contributed by atoms with van der Waals surface area (Å²) < 4.78 is 110. The first-order valence-electron chi connectivity index (χ1n) is 38.0. The first-order chi connectivity index (χ1) is 55.4. The van der Waals surface area contributed by atoms with Gasteiger partial charge in [-0.25, -0.2) is 77.8 Å². The minimum Gasteiger partial charge on any atom is -0.399 e. The summed E-state index contributed by atoms with van der Waals surface area (Å²) in [6, 6.07) is 17.5. The van der Waals surface area contributed by atoms with E-state index in [-0.39, 0.29) is 85.1 Å². The number of nitrogens with zero attached hydrogens (tertiary/aromatic N) is 11. The fourth-order valence-electron chi connectivity index (χ4n) is 14.6. The van der Waals surface area contributed by atoms with Crippen LogP contribution >= 0.6 is 46.4 Å². The highest BCUT2D eigenvalue weighted by Crippen LogP contribution is 2.40. The molecule has 1 saturated heterocycles. The summed E-state index contributed by atoms with van der Waals surface area (Å²) in [4.78, 5) is 40.2. The van der Waals surface area contributed by atoms with Crippen LogP contribution in [-0.2, 0) is 42.2 Å². The van der Waals surface area contributed by atoms with E-state index < -0.39 is 111 Å². The van der Waals surface area contributed by atoms with Crippen molar-refractivity contribution in [3.63, 3.8) is 0 Å². The molecule has 38 heteroatoms. The van der Waals surface area contributed by atoms with Crippen LogP contribution in [0, 0.1) is 43.1 Å². The number of aromatic amines is 1. The molecular formula is C79H90BCl4F3N14O14S2. The van der Waals surface area contributed by atoms with Crippen LogP contribution in [0.2, 0.25) is 20.4 Å². The van der Waals surface area contributed by atoms with Crippen molar-refractivity contribution in [1.82, 2.24) is 57.8 Å². The second-order valence-corrected chi connectivity index (χ2v) is 36.1. The number of aliphatic hydroxyl groups excluding tert-OH is 8. The van der Waals surface area contributed by atoms with Crippen molar-refractivity contribution < 1.29 is 80.2 Å². The molecule has 28 nitrogen and oxygen atoms in total. The van der Waals surface area contributed by atoms with Crippen LogP contribution in [0.4, 0.5) is 19.0 Å². The minimum absolute atomic E-state index is 0.0526. The highest BCUT2D eigenvalue weighted by molar-refractivity contribution is 7.90. The number of H-pyrrole nitrogens is 1. The van der Waals surface area contributed by atoms with Gasteiger partial charge >= 0.3 is 7.12 Å². The molecule has 0 radical (unpaired) electrons. The number of anilines is 1. The summed E-state index contributed by atoms with van der Waals surface area (Å²) in [5, 5.41) is 83.3. The van der Waals surface area contributed by atoms with Gasteiger partial charge in [-0.3, -0.25) is 0 Å². The van der Waals surface area contributed by atoms with Crippen molar-refractivity contribution in [1.29, 1.82) is 0 Å². The monoisotopic (exact) mass is 1730 g/mol. The number of fused-ring (bicyclic) bond motifs is 3. The maximum absolute atomic E-state index is 14.7. The Bertz CT molecular complexity index is 5570. The first-order valence-corrected chi connectivity index (χ1v) is 42.4. The van der Waals surface area contributed by atoms with Gasteiger partial charge in [-0.1, -0.05) is 83.0 Å². The third-order valence-electron chi connectivity index (χ3n) is 22.0. The summed E-state index contributed by atoms with van der Waals surface area (Å²) >= 11 is 23.9. The quantitative estimate of drug-likeness (QED) is 0.0377.